The minimum Gasteiger partial charge on any atom is -0.497 e. The van der Waals surface area contributed by atoms with Crippen molar-refractivity contribution in [2.45, 2.75) is 39.0 Å². The van der Waals surface area contributed by atoms with Gasteiger partial charge in [0.05, 0.1) is 24.2 Å². The second kappa shape index (κ2) is 8.58. The van der Waals surface area contributed by atoms with E-state index in [1.165, 1.54) is 16.7 Å². The van der Waals surface area contributed by atoms with E-state index < -0.39 is 0 Å². The Morgan fingerprint density at radius 1 is 1.12 bits per heavy atom. The number of carbonyl (C=O) groups excluding carboxylic acids is 1. The molecular formula is C27H27N3O2. The van der Waals surface area contributed by atoms with E-state index in [9.17, 15) is 4.79 Å². The molecule has 162 valence electrons. The van der Waals surface area contributed by atoms with E-state index in [0.717, 1.165) is 47.7 Å². The van der Waals surface area contributed by atoms with Crippen LogP contribution in [0.2, 0.25) is 0 Å². The van der Waals surface area contributed by atoms with Gasteiger partial charge in [-0.05, 0) is 66.5 Å². The number of methoxy groups -OCH3 is 1. The van der Waals surface area contributed by atoms with Crippen molar-refractivity contribution in [2.75, 3.05) is 12.4 Å². The fraction of sp³-hybridized carbons (Fsp3) is 0.296. The Labute approximate surface area is 188 Å². The zero-order valence-corrected chi connectivity index (χ0v) is 18.5. The molecule has 1 heterocycles. The van der Waals surface area contributed by atoms with Gasteiger partial charge in [0.2, 0.25) is 5.91 Å². The van der Waals surface area contributed by atoms with E-state index in [1.54, 1.807) is 7.11 Å². The number of aromatic nitrogens is 2. The summed E-state index contributed by atoms with van der Waals surface area (Å²) in [6, 6.07) is 14.5. The summed E-state index contributed by atoms with van der Waals surface area (Å²) < 4.78 is 5.37. The molecule has 5 nitrogen and oxygen atoms in total. The average Bonchev–Trinajstić information content (AvgIpc) is 2.83. The number of carbonyl (C=O) groups is 1. The third-order valence-electron chi connectivity index (χ3n) is 6.36. The number of rotatable bonds is 5. The van der Waals surface area contributed by atoms with E-state index in [-0.39, 0.29) is 11.8 Å². The van der Waals surface area contributed by atoms with E-state index in [1.807, 2.05) is 19.1 Å². The largest absolute Gasteiger partial charge is 0.497 e. The topological polar surface area (TPSA) is 64.1 Å². The summed E-state index contributed by atoms with van der Waals surface area (Å²) in [5.74, 6) is 1.65. The predicted molar refractivity (Wildman–Crippen MR) is 127 cm³/mol. The van der Waals surface area contributed by atoms with Crippen LogP contribution >= 0.6 is 0 Å². The number of nitrogens with one attached hydrogen (secondary N) is 1. The van der Waals surface area contributed by atoms with Crippen molar-refractivity contribution in [3.05, 3.63) is 76.6 Å². The summed E-state index contributed by atoms with van der Waals surface area (Å²) in [6.45, 7) is 2.05. The van der Waals surface area contributed by atoms with Crippen molar-refractivity contribution < 1.29 is 9.53 Å². The smallest absolute Gasteiger partial charge is 0.226 e. The molecule has 1 atom stereocenters. The molecule has 1 N–H and O–H groups in total. The average molecular weight is 426 g/mol. The lowest BCUT2D eigenvalue weighted by molar-refractivity contribution is -0.116. The third-order valence-corrected chi connectivity index (χ3v) is 6.36. The highest BCUT2D eigenvalue weighted by Gasteiger charge is 2.23. The van der Waals surface area contributed by atoms with Gasteiger partial charge >= 0.3 is 0 Å². The van der Waals surface area contributed by atoms with Crippen molar-refractivity contribution >= 4 is 17.8 Å². The molecule has 5 rings (SSSR count). The van der Waals surface area contributed by atoms with Crippen LogP contribution in [0.15, 0.2) is 48.5 Å². The predicted octanol–water partition coefficient (Wildman–Crippen LogP) is 5.03. The molecule has 0 saturated heterocycles. The summed E-state index contributed by atoms with van der Waals surface area (Å²) in [4.78, 5) is 22.6. The Kier molecular flexibility index (Phi) is 5.48. The van der Waals surface area contributed by atoms with Crippen LogP contribution in [0, 0.1) is 5.92 Å². The van der Waals surface area contributed by atoms with Crippen molar-refractivity contribution in [3.63, 3.8) is 0 Å². The molecule has 32 heavy (non-hydrogen) atoms. The summed E-state index contributed by atoms with van der Waals surface area (Å²) in [5, 5.41) is 3.06. The van der Waals surface area contributed by atoms with E-state index in [2.05, 4.69) is 47.8 Å². The number of anilines is 1. The second-order valence-corrected chi connectivity index (χ2v) is 8.47. The first-order chi connectivity index (χ1) is 15.6. The minimum atomic E-state index is -0.0103. The number of aryl methyl sites for hydroxylation is 3. The van der Waals surface area contributed by atoms with Gasteiger partial charge in [-0.3, -0.25) is 4.79 Å². The van der Waals surface area contributed by atoms with Gasteiger partial charge in [0.1, 0.15) is 5.75 Å². The quantitative estimate of drug-likeness (QED) is 0.623. The van der Waals surface area contributed by atoms with Crippen LogP contribution in [0.1, 0.15) is 41.4 Å². The first-order valence-corrected chi connectivity index (χ1v) is 11.3. The molecule has 2 aliphatic rings. The van der Waals surface area contributed by atoms with Gasteiger partial charge in [-0.2, -0.15) is 0 Å². The van der Waals surface area contributed by atoms with Crippen molar-refractivity contribution in [1.29, 1.82) is 0 Å². The van der Waals surface area contributed by atoms with Crippen LogP contribution < -0.4 is 10.1 Å². The third kappa shape index (κ3) is 3.91. The van der Waals surface area contributed by atoms with Crippen LogP contribution in [0.4, 0.5) is 5.82 Å². The second-order valence-electron chi connectivity index (χ2n) is 8.47. The van der Waals surface area contributed by atoms with Crippen molar-refractivity contribution in [2.24, 2.45) is 5.92 Å². The summed E-state index contributed by atoms with van der Waals surface area (Å²) >= 11 is 0. The zero-order valence-electron chi connectivity index (χ0n) is 18.5. The molecule has 0 radical (unpaired) electrons. The molecule has 2 aliphatic carbocycles. The SMILES string of the molecule is CCc1nc2c(nc1NC(=O)CC1C=Cc3ccccc3C1)CCc1cc(OC)ccc1-2. The van der Waals surface area contributed by atoms with Gasteiger partial charge in [-0.15, -0.1) is 0 Å². The van der Waals surface area contributed by atoms with Gasteiger partial charge < -0.3 is 10.1 Å². The molecule has 0 aliphatic heterocycles. The number of fused-ring (bicyclic) bond motifs is 4. The molecule has 0 spiro atoms. The lowest BCUT2D eigenvalue weighted by atomic mass is 9.87. The van der Waals surface area contributed by atoms with Crippen LogP contribution in [0.5, 0.6) is 5.75 Å². The molecule has 1 unspecified atom stereocenters. The normalized spacial score (nSPS) is 16.0. The lowest BCUT2D eigenvalue weighted by Crippen LogP contribution is -2.21. The van der Waals surface area contributed by atoms with Gasteiger partial charge in [0, 0.05) is 12.0 Å². The summed E-state index contributed by atoms with van der Waals surface area (Å²) in [7, 11) is 1.68. The van der Waals surface area contributed by atoms with Crippen LogP contribution in [0.25, 0.3) is 17.3 Å². The fourth-order valence-corrected chi connectivity index (χ4v) is 4.66. The fourth-order valence-electron chi connectivity index (χ4n) is 4.66. The molecule has 0 bridgehead atoms. The van der Waals surface area contributed by atoms with Gasteiger partial charge in [0.25, 0.3) is 0 Å². The molecule has 1 amide bonds. The van der Waals surface area contributed by atoms with E-state index in [4.69, 9.17) is 14.7 Å². The maximum absolute atomic E-state index is 12.9. The first-order valence-electron chi connectivity index (χ1n) is 11.3. The van der Waals surface area contributed by atoms with Crippen LogP contribution in [-0.4, -0.2) is 23.0 Å². The Morgan fingerprint density at radius 3 is 2.84 bits per heavy atom. The monoisotopic (exact) mass is 425 g/mol. The maximum atomic E-state index is 12.9. The highest BCUT2D eigenvalue weighted by molar-refractivity contribution is 5.91. The number of hydrogen-bond donors (Lipinski definition) is 1. The molecule has 5 heteroatoms. The van der Waals surface area contributed by atoms with Crippen LogP contribution in [-0.2, 0) is 30.5 Å². The van der Waals surface area contributed by atoms with Gasteiger partial charge in [-0.1, -0.05) is 43.3 Å². The molecule has 1 aromatic heterocycles. The number of nitrogens with zero attached hydrogens (tertiary/aromatic N) is 2. The molecule has 3 aromatic rings. The Hall–Kier alpha value is -3.47. The Balaban J connectivity index is 1.35. The van der Waals surface area contributed by atoms with E-state index in [0.29, 0.717) is 18.7 Å². The molecule has 2 aromatic carbocycles. The summed E-state index contributed by atoms with van der Waals surface area (Å²) in [6.07, 6.45) is 7.99. The molecule has 0 fully saturated rings. The Bertz CT molecular complexity index is 1220. The zero-order chi connectivity index (χ0) is 22.1. The standard InChI is InChI=1S/C27H27N3O2/c1-3-23-27(30-25(31)15-17-8-9-18-6-4-5-7-19(18)14-17)29-24-13-10-20-16-21(32-2)11-12-22(20)26(24)28-23/h4-9,11-12,16-17H,3,10,13-15H2,1-2H3,(H,29,30,31). The number of benzene rings is 2. The highest BCUT2D eigenvalue weighted by Crippen LogP contribution is 2.35. The van der Waals surface area contributed by atoms with Crippen LogP contribution in [0.3, 0.4) is 0 Å². The molecule has 0 saturated carbocycles. The van der Waals surface area contributed by atoms with E-state index >= 15 is 0 Å². The van der Waals surface area contributed by atoms with Crippen molar-refractivity contribution in [1.82, 2.24) is 9.97 Å². The number of amides is 1. The maximum Gasteiger partial charge on any atom is 0.226 e. The lowest BCUT2D eigenvalue weighted by Gasteiger charge is -2.22. The van der Waals surface area contributed by atoms with Gasteiger partial charge in [-0.25, -0.2) is 9.97 Å². The molecular weight excluding hydrogens is 398 g/mol. The number of hydrogen-bond acceptors (Lipinski definition) is 4. The van der Waals surface area contributed by atoms with Gasteiger partial charge in [0.15, 0.2) is 5.82 Å². The Morgan fingerprint density at radius 2 is 2.00 bits per heavy atom. The summed E-state index contributed by atoms with van der Waals surface area (Å²) in [5.41, 5.74) is 7.58. The first kappa shape index (κ1) is 20.4. The van der Waals surface area contributed by atoms with Crippen molar-refractivity contribution in [3.8, 4) is 17.0 Å². The highest BCUT2D eigenvalue weighted by atomic mass is 16.5. The minimum absolute atomic E-state index is 0.0103. The number of ether oxygens (including phenoxy) is 1. The number of allylic oxidation sites excluding steroid dienone is 1.